The van der Waals surface area contributed by atoms with E-state index in [0.717, 1.165) is 37.8 Å². The SMILES string of the molecule is Cc1nc(N(C)C)nc2c1COCC21CCN(C)C1. The molecule has 1 atom stereocenters. The number of anilines is 1. The molecule has 1 spiro atoms. The van der Waals surface area contributed by atoms with Crippen molar-refractivity contribution in [2.24, 2.45) is 0 Å². The molecule has 104 valence electrons. The van der Waals surface area contributed by atoms with Crippen LogP contribution in [0.1, 0.15) is 23.4 Å². The maximum absolute atomic E-state index is 5.84. The van der Waals surface area contributed by atoms with Gasteiger partial charge < -0.3 is 14.5 Å². The van der Waals surface area contributed by atoms with Gasteiger partial charge in [0.25, 0.3) is 0 Å². The molecule has 2 aliphatic heterocycles. The third kappa shape index (κ3) is 2.01. The lowest BCUT2D eigenvalue weighted by Gasteiger charge is -2.35. The van der Waals surface area contributed by atoms with Crippen LogP contribution in [0, 0.1) is 6.92 Å². The van der Waals surface area contributed by atoms with E-state index in [1.165, 1.54) is 11.3 Å². The molecule has 19 heavy (non-hydrogen) atoms. The Kier molecular flexibility index (Phi) is 2.98. The molecule has 3 heterocycles. The Morgan fingerprint density at radius 2 is 2.11 bits per heavy atom. The lowest BCUT2D eigenvalue weighted by Crippen LogP contribution is -2.40. The first kappa shape index (κ1) is 12.8. The Labute approximate surface area is 114 Å². The summed E-state index contributed by atoms with van der Waals surface area (Å²) in [6, 6.07) is 0. The molecule has 0 saturated carbocycles. The number of hydrogen-bond acceptors (Lipinski definition) is 5. The molecule has 0 bridgehead atoms. The lowest BCUT2D eigenvalue weighted by atomic mass is 9.80. The highest BCUT2D eigenvalue weighted by Gasteiger charge is 2.44. The topological polar surface area (TPSA) is 41.5 Å². The molecule has 0 amide bonds. The van der Waals surface area contributed by atoms with Gasteiger partial charge in [0.1, 0.15) is 0 Å². The highest BCUT2D eigenvalue weighted by atomic mass is 16.5. The fourth-order valence-electron chi connectivity index (χ4n) is 3.20. The number of nitrogens with zero attached hydrogens (tertiary/aromatic N) is 4. The van der Waals surface area contributed by atoms with E-state index in [2.05, 4.69) is 23.9 Å². The van der Waals surface area contributed by atoms with E-state index in [1.807, 2.05) is 19.0 Å². The van der Waals surface area contributed by atoms with Crippen LogP contribution in [0.25, 0.3) is 0 Å². The first-order chi connectivity index (χ1) is 9.02. The van der Waals surface area contributed by atoms with Crippen LogP contribution < -0.4 is 4.90 Å². The number of hydrogen-bond donors (Lipinski definition) is 0. The zero-order chi connectivity index (χ0) is 13.6. The smallest absolute Gasteiger partial charge is 0.225 e. The fraction of sp³-hybridized carbons (Fsp3) is 0.714. The Morgan fingerprint density at radius 3 is 2.74 bits per heavy atom. The predicted octanol–water partition coefficient (Wildman–Crippen LogP) is 0.955. The van der Waals surface area contributed by atoms with Crippen LogP contribution in [0.4, 0.5) is 5.95 Å². The van der Waals surface area contributed by atoms with Gasteiger partial charge in [0, 0.05) is 31.9 Å². The van der Waals surface area contributed by atoms with E-state index >= 15 is 0 Å². The second-order valence-corrected chi connectivity index (χ2v) is 6.09. The number of ether oxygens (including phenoxy) is 1. The van der Waals surface area contributed by atoms with Crippen molar-refractivity contribution in [1.82, 2.24) is 14.9 Å². The molecular weight excluding hydrogens is 240 g/mol. The van der Waals surface area contributed by atoms with Gasteiger partial charge in [-0.15, -0.1) is 0 Å². The average Bonchev–Trinajstić information content (AvgIpc) is 2.72. The summed E-state index contributed by atoms with van der Waals surface area (Å²) in [7, 11) is 6.16. The maximum atomic E-state index is 5.84. The highest BCUT2D eigenvalue weighted by Crippen LogP contribution is 2.39. The molecule has 1 saturated heterocycles. The summed E-state index contributed by atoms with van der Waals surface area (Å²) in [6.07, 6.45) is 1.12. The van der Waals surface area contributed by atoms with Crippen LogP contribution in [0.2, 0.25) is 0 Å². The Hall–Kier alpha value is -1.20. The summed E-state index contributed by atoms with van der Waals surface area (Å²) in [5, 5.41) is 0. The summed E-state index contributed by atoms with van der Waals surface area (Å²) < 4.78 is 5.84. The summed E-state index contributed by atoms with van der Waals surface area (Å²) in [6.45, 7) is 5.65. The quantitative estimate of drug-likeness (QED) is 0.754. The Morgan fingerprint density at radius 1 is 1.32 bits per heavy atom. The van der Waals surface area contributed by atoms with E-state index in [9.17, 15) is 0 Å². The number of likely N-dealkylation sites (N-methyl/N-ethyl adjacent to an activating group) is 1. The Bertz CT molecular complexity index is 502. The molecular formula is C14H22N4O. The van der Waals surface area contributed by atoms with E-state index in [1.54, 1.807) is 0 Å². The molecule has 0 aromatic carbocycles. The monoisotopic (exact) mass is 262 g/mol. The van der Waals surface area contributed by atoms with Crippen molar-refractivity contribution in [2.75, 3.05) is 45.7 Å². The maximum Gasteiger partial charge on any atom is 0.225 e. The van der Waals surface area contributed by atoms with E-state index < -0.39 is 0 Å². The van der Waals surface area contributed by atoms with Crippen LogP contribution >= 0.6 is 0 Å². The number of fused-ring (bicyclic) bond motifs is 2. The molecule has 1 aromatic heterocycles. The van der Waals surface area contributed by atoms with Crippen molar-refractivity contribution >= 4 is 5.95 Å². The third-order valence-electron chi connectivity index (χ3n) is 4.27. The molecule has 5 heteroatoms. The zero-order valence-corrected chi connectivity index (χ0v) is 12.2. The largest absolute Gasteiger partial charge is 0.376 e. The molecule has 0 aliphatic carbocycles. The minimum Gasteiger partial charge on any atom is -0.376 e. The van der Waals surface area contributed by atoms with Gasteiger partial charge in [-0.25, -0.2) is 9.97 Å². The van der Waals surface area contributed by atoms with Crippen LogP contribution in [0.15, 0.2) is 0 Å². The predicted molar refractivity (Wildman–Crippen MR) is 74.5 cm³/mol. The van der Waals surface area contributed by atoms with Crippen LogP contribution in [0.5, 0.6) is 0 Å². The molecule has 0 N–H and O–H groups in total. The second kappa shape index (κ2) is 4.42. The standard InChI is InChI=1S/C14H22N4O/c1-10-11-7-19-9-14(5-6-18(4)8-14)12(11)16-13(15-10)17(2)3/h5-9H2,1-4H3. The zero-order valence-electron chi connectivity index (χ0n) is 12.2. The van der Waals surface area contributed by atoms with E-state index in [-0.39, 0.29) is 5.41 Å². The van der Waals surface area contributed by atoms with Crippen LogP contribution in [0.3, 0.4) is 0 Å². The van der Waals surface area contributed by atoms with Gasteiger partial charge in [-0.1, -0.05) is 0 Å². The van der Waals surface area contributed by atoms with Crippen LogP contribution in [-0.4, -0.2) is 55.7 Å². The average molecular weight is 262 g/mol. The van der Waals surface area contributed by atoms with Gasteiger partial charge in [-0.3, -0.25) is 0 Å². The number of rotatable bonds is 1. The second-order valence-electron chi connectivity index (χ2n) is 6.09. The summed E-state index contributed by atoms with van der Waals surface area (Å²) in [5.74, 6) is 0.812. The summed E-state index contributed by atoms with van der Waals surface area (Å²) in [4.78, 5) is 13.8. The first-order valence-corrected chi connectivity index (χ1v) is 6.83. The van der Waals surface area contributed by atoms with Crippen molar-refractivity contribution < 1.29 is 4.74 Å². The normalized spacial score (nSPS) is 26.7. The van der Waals surface area contributed by atoms with Crippen molar-refractivity contribution in [1.29, 1.82) is 0 Å². The minimum absolute atomic E-state index is 0.0702. The van der Waals surface area contributed by atoms with Gasteiger partial charge in [0.05, 0.1) is 24.3 Å². The van der Waals surface area contributed by atoms with Gasteiger partial charge in [0.15, 0.2) is 0 Å². The fourth-order valence-corrected chi connectivity index (χ4v) is 3.20. The first-order valence-electron chi connectivity index (χ1n) is 6.83. The van der Waals surface area contributed by atoms with Gasteiger partial charge in [0.2, 0.25) is 5.95 Å². The summed E-state index contributed by atoms with van der Waals surface area (Å²) in [5.41, 5.74) is 3.55. The molecule has 5 nitrogen and oxygen atoms in total. The van der Waals surface area contributed by atoms with E-state index in [4.69, 9.17) is 9.72 Å². The van der Waals surface area contributed by atoms with Crippen molar-refractivity contribution in [3.05, 3.63) is 17.0 Å². The summed E-state index contributed by atoms with van der Waals surface area (Å²) >= 11 is 0. The van der Waals surface area contributed by atoms with Gasteiger partial charge in [-0.05, 0) is 26.9 Å². The third-order valence-corrected chi connectivity index (χ3v) is 4.27. The number of aromatic nitrogens is 2. The molecule has 2 aliphatic rings. The van der Waals surface area contributed by atoms with Crippen molar-refractivity contribution in [2.45, 2.75) is 25.4 Å². The molecule has 1 unspecified atom stereocenters. The molecule has 0 radical (unpaired) electrons. The highest BCUT2D eigenvalue weighted by molar-refractivity contribution is 5.41. The molecule has 1 fully saturated rings. The van der Waals surface area contributed by atoms with Gasteiger partial charge >= 0.3 is 0 Å². The van der Waals surface area contributed by atoms with Crippen molar-refractivity contribution in [3.63, 3.8) is 0 Å². The van der Waals surface area contributed by atoms with Gasteiger partial charge in [-0.2, -0.15) is 0 Å². The van der Waals surface area contributed by atoms with Crippen molar-refractivity contribution in [3.8, 4) is 0 Å². The number of aryl methyl sites for hydroxylation is 1. The Balaban J connectivity index is 2.12. The van der Waals surface area contributed by atoms with E-state index in [0.29, 0.717) is 6.61 Å². The number of likely N-dealkylation sites (tertiary alicyclic amines) is 1. The van der Waals surface area contributed by atoms with Crippen LogP contribution in [-0.2, 0) is 16.8 Å². The molecule has 3 rings (SSSR count). The lowest BCUT2D eigenvalue weighted by molar-refractivity contribution is 0.0511. The molecule has 1 aromatic rings. The minimum atomic E-state index is 0.0702.